The van der Waals surface area contributed by atoms with Crippen molar-refractivity contribution in [1.82, 2.24) is 9.80 Å². The van der Waals surface area contributed by atoms with Crippen LogP contribution in [0.15, 0.2) is 52.5 Å². The fraction of sp³-hybridized carbons (Fsp3) is 0.360. The SMILES string of the molecule is CC(C)Oc1ccc(/C(O)=C2/C(=O)C(=O)N(CCCN(C)C)C2c2cccc(Br)c2)cc1F. The number of halogens is 2. The van der Waals surface area contributed by atoms with Crippen molar-refractivity contribution in [1.29, 1.82) is 0 Å². The second kappa shape index (κ2) is 10.5. The van der Waals surface area contributed by atoms with E-state index in [1.54, 1.807) is 26.0 Å². The summed E-state index contributed by atoms with van der Waals surface area (Å²) >= 11 is 3.43. The van der Waals surface area contributed by atoms with Crippen LogP contribution in [0.2, 0.25) is 0 Å². The van der Waals surface area contributed by atoms with Crippen LogP contribution in [0.1, 0.15) is 37.4 Å². The Labute approximate surface area is 201 Å². The summed E-state index contributed by atoms with van der Waals surface area (Å²) in [5.41, 5.74) is 0.727. The Morgan fingerprint density at radius 3 is 2.55 bits per heavy atom. The number of hydrogen-bond donors (Lipinski definition) is 1. The molecule has 3 rings (SSSR count). The van der Waals surface area contributed by atoms with E-state index in [1.165, 1.54) is 17.0 Å². The number of likely N-dealkylation sites (tertiary alicyclic amines) is 1. The molecule has 33 heavy (non-hydrogen) atoms. The number of benzene rings is 2. The van der Waals surface area contributed by atoms with Crippen molar-refractivity contribution >= 4 is 33.4 Å². The van der Waals surface area contributed by atoms with Gasteiger partial charge in [0.2, 0.25) is 0 Å². The van der Waals surface area contributed by atoms with Crippen molar-refractivity contribution in [3.05, 3.63) is 69.5 Å². The molecule has 1 amide bonds. The Kier molecular flexibility index (Phi) is 7.92. The van der Waals surface area contributed by atoms with Gasteiger partial charge in [0.15, 0.2) is 11.6 Å². The number of rotatable bonds is 8. The summed E-state index contributed by atoms with van der Waals surface area (Å²) in [6, 6.07) is 10.5. The Balaban J connectivity index is 2.08. The summed E-state index contributed by atoms with van der Waals surface area (Å²) in [6.45, 7) is 4.63. The number of hydrogen-bond acceptors (Lipinski definition) is 5. The van der Waals surface area contributed by atoms with Gasteiger partial charge in [0, 0.05) is 16.6 Å². The zero-order valence-corrected chi connectivity index (χ0v) is 20.7. The summed E-state index contributed by atoms with van der Waals surface area (Å²) in [6.07, 6.45) is 0.434. The van der Waals surface area contributed by atoms with Gasteiger partial charge in [0.1, 0.15) is 5.76 Å². The number of carbonyl (C=O) groups excluding carboxylic acids is 2. The first-order valence-corrected chi connectivity index (χ1v) is 11.5. The first kappa shape index (κ1) is 24.9. The summed E-state index contributed by atoms with van der Waals surface area (Å²) < 4.78 is 20.8. The quantitative estimate of drug-likeness (QED) is 0.310. The molecule has 1 N–H and O–H groups in total. The van der Waals surface area contributed by atoms with E-state index in [4.69, 9.17) is 4.74 Å². The number of amides is 1. The number of Topliss-reactive ketones (excluding diaryl/α,β-unsaturated/α-hetero) is 1. The Morgan fingerprint density at radius 2 is 1.94 bits per heavy atom. The highest BCUT2D eigenvalue weighted by atomic mass is 79.9. The number of carbonyl (C=O) groups is 2. The molecule has 0 aromatic heterocycles. The van der Waals surface area contributed by atoms with Gasteiger partial charge < -0.3 is 19.6 Å². The van der Waals surface area contributed by atoms with Crippen LogP contribution in [0.3, 0.4) is 0 Å². The van der Waals surface area contributed by atoms with Gasteiger partial charge in [0.05, 0.1) is 17.7 Å². The summed E-state index contributed by atoms with van der Waals surface area (Å²) in [5, 5.41) is 11.1. The Morgan fingerprint density at radius 1 is 1.21 bits per heavy atom. The van der Waals surface area contributed by atoms with Gasteiger partial charge in [-0.25, -0.2) is 4.39 Å². The maximum absolute atomic E-state index is 14.6. The number of ketones is 1. The molecule has 176 valence electrons. The van der Waals surface area contributed by atoms with E-state index in [1.807, 2.05) is 31.1 Å². The lowest BCUT2D eigenvalue weighted by Crippen LogP contribution is -2.32. The Bertz CT molecular complexity index is 1080. The highest BCUT2D eigenvalue weighted by Gasteiger charge is 2.45. The molecule has 8 heteroatoms. The molecule has 0 radical (unpaired) electrons. The fourth-order valence-electron chi connectivity index (χ4n) is 3.84. The topological polar surface area (TPSA) is 70.1 Å². The van der Waals surface area contributed by atoms with Gasteiger partial charge >= 0.3 is 0 Å². The predicted octanol–water partition coefficient (Wildman–Crippen LogP) is 4.75. The van der Waals surface area contributed by atoms with Crippen molar-refractivity contribution in [2.75, 3.05) is 27.2 Å². The Hall–Kier alpha value is -2.71. The highest BCUT2D eigenvalue weighted by molar-refractivity contribution is 9.10. The third-order valence-corrected chi connectivity index (χ3v) is 5.77. The van der Waals surface area contributed by atoms with E-state index in [-0.39, 0.29) is 23.0 Å². The third-order valence-electron chi connectivity index (χ3n) is 5.28. The van der Waals surface area contributed by atoms with Gasteiger partial charge in [-0.1, -0.05) is 28.1 Å². The number of nitrogens with zero attached hydrogens (tertiary/aromatic N) is 2. The van der Waals surface area contributed by atoms with E-state index >= 15 is 0 Å². The fourth-order valence-corrected chi connectivity index (χ4v) is 4.26. The van der Waals surface area contributed by atoms with Crippen molar-refractivity contribution in [2.45, 2.75) is 32.4 Å². The second-order valence-corrected chi connectivity index (χ2v) is 9.43. The largest absolute Gasteiger partial charge is 0.507 e. The van der Waals surface area contributed by atoms with Crippen molar-refractivity contribution < 1.29 is 23.8 Å². The van der Waals surface area contributed by atoms with Crippen LogP contribution in [0.4, 0.5) is 4.39 Å². The lowest BCUT2D eigenvalue weighted by Gasteiger charge is -2.26. The number of aliphatic hydroxyl groups excluding tert-OH is 1. The molecule has 1 aliphatic heterocycles. The predicted molar refractivity (Wildman–Crippen MR) is 128 cm³/mol. The average molecular weight is 519 g/mol. The van der Waals surface area contributed by atoms with Crippen molar-refractivity contribution in [2.24, 2.45) is 0 Å². The molecule has 0 spiro atoms. The maximum atomic E-state index is 14.6. The van der Waals surface area contributed by atoms with Crippen molar-refractivity contribution in [3.8, 4) is 5.75 Å². The maximum Gasteiger partial charge on any atom is 0.295 e. The summed E-state index contributed by atoms with van der Waals surface area (Å²) in [5.74, 6) is -2.49. The molecule has 0 bridgehead atoms. The summed E-state index contributed by atoms with van der Waals surface area (Å²) in [4.78, 5) is 29.5. The zero-order valence-electron chi connectivity index (χ0n) is 19.1. The minimum absolute atomic E-state index is 0.0502. The van der Waals surface area contributed by atoms with Crippen LogP contribution < -0.4 is 4.74 Å². The van der Waals surface area contributed by atoms with E-state index in [0.717, 1.165) is 17.1 Å². The normalized spacial score (nSPS) is 17.9. The first-order chi connectivity index (χ1) is 15.6. The minimum Gasteiger partial charge on any atom is -0.507 e. The highest BCUT2D eigenvalue weighted by Crippen LogP contribution is 2.40. The monoisotopic (exact) mass is 518 g/mol. The molecule has 1 atom stereocenters. The molecule has 1 saturated heterocycles. The molecule has 1 unspecified atom stereocenters. The van der Waals surface area contributed by atoms with Gasteiger partial charge in [-0.05, 0) is 76.8 Å². The number of aliphatic hydroxyl groups is 1. The molecular formula is C25H28BrFN2O4. The van der Waals surface area contributed by atoms with Crippen LogP contribution >= 0.6 is 15.9 Å². The molecule has 0 aliphatic carbocycles. The molecule has 0 saturated carbocycles. The molecule has 2 aromatic rings. The van der Waals surface area contributed by atoms with Gasteiger partial charge in [-0.3, -0.25) is 9.59 Å². The molecule has 1 aliphatic rings. The van der Waals surface area contributed by atoms with Gasteiger partial charge in [-0.15, -0.1) is 0 Å². The number of ether oxygens (including phenoxy) is 1. The van der Waals surface area contributed by atoms with Crippen LogP contribution in [0.5, 0.6) is 5.75 Å². The molecule has 6 nitrogen and oxygen atoms in total. The first-order valence-electron chi connectivity index (χ1n) is 10.7. The second-order valence-electron chi connectivity index (χ2n) is 8.52. The molecule has 2 aromatic carbocycles. The lowest BCUT2D eigenvalue weighted by molar-refractivity contribution is -0.139. The third kappa shape index (κ3) is 5.62. The average Bonchev–Trinajstić information content (AvgIpc) is 2.99. The minimum atomic E-state index is -0.787. The van der Waals surface area contributed by atoms with E-state index in [0.29, 0.717) is 18.5 Å². The van der Waals surface area contributed by atoms with Crippen molar-refractivity contribution in [3.63, 3.8) is 0 Å². The van der Waals surface area contributed by atoms with E-state index < -0.39 is 29.3 Å². The molecule has 1 heterocycles. The van der Waals surface area contributed by atoms with E-state index in [2.05, 4.69) is 15.9 Å². The van der Waals surface area contributed by atoms with Crippen LogP contribution in [0.25, 0.3) is 5.76 Å². The van der Waals surface area contributed by atoms with Crippen LogP contribution in [-0.2, 0) is 9.59 Å². The molecular weight excluding hydrogens is 491 g/mol. The lowest BCUT2D eigenvalue weighted by atomic mass is 9.95. The van der Waals surface area contributed by atoms with E-state index in [9.17, 15) is 19.1 Å². The standard InChI is InChI=1S/C25H28BrFN2O4/c1-15(2)33-20-10-9-17(14-19(20)27)23(30)21-22(16-7-5-8-18(26)13-16)29(25(32)24(21)31)12-6-11-28(3)4/h5,7-10,13-15,22,30H,6,11-12H2,1-4H3/b23-21-. The van der Waals surface area contributed by atoms with Gasteiger partial charge in [0.25, 0.3) is 11.7 Å². The summed E-state index contributed by atoms with van der Waals surface area (Å²) in [7, 11) is 3.86. The van der Waals surface area contributed by atoms with Gasteiger partial charge in [-0.2, -0.15) is 0 Å². The van der Waals surface area contributed by atoms with Crippen LogP contribution in [-0.4, -0.2) is 59.9 Å². The zero-order chi connectivity index (χ0) is 24.3. The van der Waals surface area contributed by atoms with Crippen LogP contribution in [0, 0.1) is 5.82 Å². The molecule has 1 fully saturated rings. The smallest absolute Gasteiger partial charge is 0.295 e.